The molecule has 0 atom stereocenters. The third-order valence-corrected chi connectivity index (χ3v) is 4.96. The van der Waals surface area contributed by atoms with Crippen molar-refractivity contribution in [1.82, 2.24) is 0 Å². The van der Waals surface area contributed by atoms with Gasteiger partial charge < -0.3 is 9.15 Å². The van der Waals surface area contributed by atoms with Gasteiger partial charge in [0.25, 0.3) is 0 Å². The average Bonchev–Trinajstić information content (AvgIpc) is 2.74. The second-order valence-electron chi connectivity index (χ2n) is 6.89. The first-order valence-corrected chi connectivity index (χ1v) is 9.55. The molecule has 0 aliphatic rings. The van der Waals surface area contributed by atoms with E-state index in [0.717, 1.165) is 45.5 Å². The molecule has 0 spiro atoms. The summed E-state index contributed by atoms with van der Waals surface area (Å²) in [7, 11) is 1.67. The predicted octanol–water partition coefficient (Wildman–Crippen LogP) is 4.29. The summed E-state index contributed by atoms with van der Waals surface area (Å²) in [4.78, 5) is 3.64. The molecule has 0 aliphatic carbocycles. The Morgan fingerprint density at radius 1 is 0.929 bits per heavy atom. The maximum absolute atomic E-state index is 6.23. The lowest BCUT2D eigenvalue weighted by atomic mass is 10.1. The van der Waals surface area contributed by atoms with Gasteiger partial charge in [-0.05, 0) is 49.7 Å². The van der Waals surface area contributed by atoms with Crippen LogP contribution in [0.15, 0.2) is 77.2 Å². The van der Waals surface area contributed by atoms with Crippen molar-refractivity contribution in [3.63, 3.8) is 0 Å². The Morgan fingerprint density at radius 3 is 2.46 bits per heavy atom. The number of ether oxygens (including phenoxy) is 1. The Morgan fingerprint density at radius 2 is 1.71 bits per heavy atom. The third-order valence-electron chi connectivity index (χ3n) is 4.96. The van der Waals surface area contributed by atoms with E-state index in [2.05, 4.69) is 61.3 Å². The van der Waals surface area contributed by atoms with Crippen LogP contribution in [0.3, 0.4) is 0 Å². The van der Waals surface area contributed by atoms with Crippen molar-refractivity contribution in [2.24, 2.45) is 0 Å². The Hall–Kier alpha value is -3.33. The Labute approximate surface area is 165 Å². The monoisotopic (exact) mass is 370 g/mol. The lowest BCUT2D eigenvalue weighted by Gasteiger charge is -2.05. The van der Waals surface area contributed by atoms with Crippen LogP contribution in [0.5, 0.6) is 5.75 Å². The normalized spacial score (nSPS) is 11.8. The molecule has 0 saturated carbocycles. The van der Waals surface area contributed by atoms with Gasteiger partial charge in [0.15, 0.2) is 0 Å². The van der Waals surface area contributed by atoms with Crippen LogP contribution in [0.4, 0.5) is 5.69 Å². The van der Waals surface area contributed by atoms with Crippen LogP contribution < -0.4 is 15.1 Å². The summed E-state index contributed by atoms with van der Waals surface area (Å²) in [6.45, 7) is 4.27. The summed E-state index contributed by atoms with van der Waals surface area (Å²) in [5.74, 6) is 1.64. The molecular formula is C25H24NO2+. The van der Waals surface area contributed by atoms with Crippen LogP contribution in [0.1, 0.15) is 18.1 Å². The number of hydrogen-bond donors (Lipinski definition) is 1. The molecule has 3 heteroatoms. The van der Waals surface area contributed by atoms with Crippen molar-refractivity contribution in [3.8, 4) is 17.1 Å². The fourth-order valence-corrected chi connectivity index (χ4v) is 3.40. The standard InChI is InChI=1S/C25H23NO2/c1-4-18-7-5-6-8-22(18)26-23-16-25(19-10-12-20(27-3)13-11-19)28-24-14-9-17(2)15-21(23)24/h5-16H,4H2,1-3H3/p+1. The van der Waals surface area contributed by atoms with Crippen LogP contribution in [0.25, 0.3) is 22.3 Å². The molecule has 28 heavy (non-hydrogen) atoms. The SMILES string of the molecule is CCc1ccccc1[NH+]=c1cc(-c2ccc(OC)cc2)oc2ccc(C)cc12. The minimum Gasteiger partial charge on any atom is -0.497 e. The molecule has 1 heterocycles. The van der Waals surface area contributed by atoms with Gasteiger partial charge in [0.05, 0.1) is 18.6 Å². The minimum atomic E-state index is 0.815. The third kappa shape index (κ3) is 3.56. The molecular weight excluding hydrogens is 346 g/mol. The van der Waals surface area contributed by atoms with E-state index in [1.807, 2.05) is 30.3 Å². The van der Waals surface area contributed by atoms with Crippen LogP contribution in [0, 0.1) is 6.92 Å². The first-order valence-electron chi connectivity index (χ1n) is 9.55. The minimum absolute atomic E-state index is 0.815. The van der Waals surface area contributed by atoms with E-state index in [0.29, 0.717) is 0 Å². The number of nitrogens with one attached hydrogen (secondary N) is 1. The summed E-state index contributed by atoms with van der Waals surface area (Å²) in [6, 6.07) is 24.7. The highest BCUT2D eigenvalue weighted by Crippen LogP contribution is 2.24. The number of fused-ring (bicyclic) bond motifs is 1. The second kappa shape index (κ2) is 7.73. The van der Waals surface area contributed by atoms with E-state index in [1.54, 1.807) is 7.11 Å². The van der Waals surface area contributed by atoms with Crippen molar-refractivity contribution in [2.45, 2.75) is 20.3 Å². The van der Waals surface area contributed by atoms with Crippen molar-refractivity contribution in [2.75, 3.05) is 7.11 Å². The lowest BCUT2D eigenvalue weighted by molar-refractivity contribution is -0.401. The molecule has 0 radical (unpaired) electrons. The number of rotatable bonds is 4. The summed E-state index contributed by atoms with van der Waals surface area (Å²) < 4.78 is 11.5. The lowest BCUT2D eigenvalue weighted by Crippen LogP contribution is -2.70. The van der Waals surface area contributed by atoms with Crippen LogP contribution in [0.2, 0.25) is 0 Å². The van der Waals surface area contributed by atoms with E-state index in [4.69, 9.17) is 9.15 Å². The molecule has 1 N–H and O–H groups in total. The summed E-state index contributed by atoms with van der Waals surface area (Å²) in [6.07, 6.45) is 0.975. The summed E-state index contributed by atoms with van der Waals surface area (Å²) in [5.41, 5.74) is 5.48. The quantitative estimate of drug-likeness (QED) is 0.582. The zero-order valence-corrected chi connectivity index (χ0v) is 16.5. The van der Waals surface area contributed by atoms with Gasteiger partial charge in [-0.25, -0.2) is 4.99 Å². The van der Waals surface area contributed by atoms with Gasteiger partial charge >= 0.3 is 0 Å². The number of para-hydroxylation sites is 1. The molecule has 3 aromatic carbocycles. The number of aryl methyl sites for hydroxylation is 2. The van der Waals surface area contributed by atoms with Crippen LogP contribution in [-0.4, -0.2) is 7.11 Å². The van der Waals surface area contributed by atoms with Crippen LogP contribution >= 0.6 is 0 Å². The summed E-state index contributed by atoms with van der Waals surface area (Å²) in [5, 5.41) is 2.11. The predicted molar refractivity (Wildman–Crippen MR) is 113 cm³/mol. The molecule has 1 aromatic heterocycles. The van der Waals surface area contributed by atoms with Gasteiger partial charge in [0.1, 0.15) is 17.1 Å². The largest absolute Gasteiger partial charge is 0.497 e. The van der Waals surface area contributed by atoms with Gasteiger partial charge in [0.2, 0.25) is 11.0 Å². The zero-order chi connectivity index (χ0) is 19.5. The fourth-order valence-electron chi connectivity index (χ4n) is 3.40. The highest BCUT2D eigenvalue weighted by molar-refractivity contribution is 5.78. The van der Waals surface area contributed by atoms with E-state index in [-0.39, 0.29) is 0 Å². The van der Waals surface area contributed by atoms with E-state index in [1.165, 1.54) is 11.1 Å². The van der Waals surface area contributed by atoms with Crippen LogP contribution in [-0.2, 0) is 6.42 Å². The van der Waals surface area contributed by atoms with Gasteiger partial charge in [-0.2, -0.15) is 0 Å². The second-order valence-corrected chi connectivity index (χ2v) is 6.89. The fraction of sp³-hybridized carbons (Fsp3) is 0.160. The van der Waals surface area contributed by atoms with E-state index in [9.17, 15) is 0 Å². The molecule has 4 rings (SSSR count). The number of hydrogen-bond acceptors (Lipinski definition) is 2. The highest BCUT2D eigenvalue weighted by Gasteiger charge is 2.11. The summed E-state index contributed by atoms with van der Waals surface area (Å²) >= 11 is 0. The average molecular weight is 370 g/mol. The molecule has 0 fully saturated rings. The molecule has 3 nitrogen and oxygen atoms in total. The van der Waals surface area contributed by atoms with Crippen molar-refractivity contribution in [3.05, 3.63) is 89.3 Å². The maximum Gasteiger partial charge on any atom is 0.218 e. The van der Waals surface area contributed by atoms with Crippen molar-refractivity contribution in [1.29, 1.82) is 0 Å². The Bertz CT molecular complexity index is 1190. The molecule has 0 saturated heterocycles. The topological polar surface area (TPSA) is 36.3 Å². The maximum atomic E-state index is 6.23. The first-order chi connectivity index (χ1) is 13.7. The van der Waals surface area contributed by atoms with Gasteiger partial charge in [0, 0.05) is 17.2 Å². The van der Waals surface area contributed by atoms with Crippen molar-refractivity contribution < 1.29 is 14.1 Å². The number of benzene rings is 3. The van der Waals surface area contributed by atoms with Gasteiger partial charge in [-0.1, -0.05) is 36.8 Å². The first kappa shape index (κ1) is 18.1. The highest BCUT2D eigenvalue weighted by atomic mass is 16.5. The molecule has 0 bridgehead atoms. The Kier molecular flexibility index (Phi) is 4.98. The van der Waals surface area contributed by atoms with E-state index < -0.39 is 0 Å². The molecule has 140 valence electrons. The van der Waals surface area contributed by atoms with E-state index >= 15 is 0 Å². The van der Waals surface area contributed by atoms with Gasteiger partial charge in [-0.3, -0.25) is 0 Å². The number of methoxy groups -OCH3 is 1. The van der Waals surface area contributed by atoms with Gasteiger partial charge in [-0.15, -0.1) is 0 Å². The van der Waals surface area contributed by atoms with Crippen molar-refractivity contribution >= 4 is 16.7 Å². The zero-order valence-electron chi connectivity index (χ0n) is 16.5. The molecule has 4 aromatic rings. The molecule has 0 aliphatic heterocycles. The smallest absolute Gasteiger partial charge is 0.218 e. The molecule has 0 amide bonds. The molecule has 0 unspecified atom stereocenters. The Balaban J connectivity index is 1.97.